The molecule has 0 aliphatic carbocycles. The maximum Gasteiger partial charge on any atom is 0.272 e. The topological polar surface area (TPSA) is 46.6 Å². The molecule has 0 bridgehead atoms. The van der Waals surface area contributed by atoms with Crippen molar-refractivity contribution < 1.29 is 14.3 Å². The first-order valence-corrected chi connectivity index (χ1v) is 11.4. The van der Waals surface area contributed by atoms with Gasteiger partial charge in [0.1, 0.15) is 5.75 Å². The van der Waals surface area contributed by atoms with Crippen LogP contribution in [-0.2, 0) is 9.59 Å². The molecule has 0 atom stereocenters. The SMILES string of the molecule is CC(C)COc1ccc(N2C(=O)C(Sc3ccccc3)=C(c3cccs3)C2=O)cc1. The highest BCUT2D eigenvalue weighted by Gasteiger charge is 2.40. The lowest BCUT2D eigenvalue weighted by Gasteiger charge is -2.16. The Labute approximate surface area is 184 Å². The average Bonchev–Trinajstić information content (AvgIpc) is 3.35. The number of hydrogen-bond donors (Lipinski definition) is 0. The third-order valence-corrected chi connectivity index (χ3v) is 6.43. The zero-order chi connectivity index (χ0) is 21.1. The quantitative estimate of drug-likeness (QED) is 0.436. The summed E-state index contributed by atoms with van der Waals surface area (Å²) < 4.78 is 5.72. The highest BCUT2D eigenvalue weighted by atomic mass is 32.2. The van der Waals surface area contributed by atoms with Gasteiger partial charge >= 0.3 is 0 Å². The van der Waals surface area contributed by atoms with Crippen molar-refractivity contribution in [3.05, 3.63) is 81.9 Å². The number of carbonyl (C=O) groups is 2. The van der Waals surface area contributed by atoms with Crippen molar-refractivity contribution in [1.82, 2.24) is 0 Å². The minimum atomic E-state index is -0.298. The number of benzene rings is 2. The maximum atomic E-state index is 13.3. The average molecular weight is 436 g/mol. The minimum Gasteiger partial charge on any atom is -0.493 e. The molecule has 152 valence electrons. The van der Waals surface area contributed by atoms with E-state index in [0.717, 1.165) is 15.5 Å². The van der Waals surface area contributed by atoms with E-state index >= 15 is 0 Å². The minimum absolute atomic E-state index is 0.295. The third-order valence-electron chi connectivity index (χ3n) is 4.45. The van der Waals surface area contributed by atoms with E-state index in [0.29, 0.717) is 28.7 Å². The molecule has 0 saturated heterocycles. The van der Waals surface area contributed by atoms with Gasteiger partial charge in [0.15, 0.2) is 0 Å². The Kier molecular flexibility index (Phi) is 6.06. The summed E-state index contributed by atoms with van der Waals surface area (Å²) in [5.41, 5.74) is 1.00. The van der Waals surface area contributed by atoms with Crippen LogP contribution >= 0.6 is 23.1 Å². The van der Waals surface area contributed by atoms with Gasteiger partial charge in [-0.25, -0.2) is 4.90 Å². The van der Waals surface area contributed by atoms with E-state index in [2.05, 4.69) is 13.8 Å². The van der Waals surface area contributed by atoms with E-state index in [4.69, 9.17) is 4.74 Å². The summed E-state index contributed by atoms with van der Waals surface area (Å²) in [5, 5.41) is 1.91. The molecule has 0 fully saturated rings. The molecule has 2 amide bonds. The number of thioether (sulfide) groups is 1. The number of hydrogen-bond acceptors (Lipinski definition) is 5. The molecule has 2 aromatic carbocycles. The van der Waals surface area contributed by atoms with Gasteiger partial charge in [0.25, 0.3) is 11.8 Å². The lowest BCUT2D eigenvalue weighted by Crippen LogP contribution is -2.31. The molecular formula is C24H21NO3S2. The second-order valence-corrected chi connectivity index (χ2v) is 9.27. The molecule has 4 nitrogen and oxygen atoms in total. The van der Waals surface area contributed by atoms with Crippen LogP contribution < -0.4 is 9.64 Å². The van der Waals surface area contributed by atoms with Gasteiger partial charge in [-0.3, -0.25) is 9.59 Å². The second-order valence-electron chi connectivity index (χ2n) is 7.24. The fraction of sp³-hybridized carbons (Fsp3) is 0.167. The van der Waals surface area contributed by atoms with E-state index in [1.54, 1.807) is 24.3 Å². The van der Waals surface area contributed by atoms with Crippen molar-refractivity contribution in [1.29, 1.82) is 0 Å². The number of rotatable bonds is 7. The van der Waals surface area contributed by atoms with E-state index < -0.39 is 0 Å². The number of nitrogens with zero attached hydrogens (tertiary/aromatic N) is 1. The largest absolute Gasteiger partial charge is 0.493 e. The van der Waals surface area contributed by atoms with Crippen LogP contribution in [0.2, 0.25) is 0 Å². The van der Waals surface area contributed by atoms with Gasteiger partial charge in [-0.2, -0.15) is 0 Å². The van der Waals surface area contributed by atoms with E-state index in [9.17, 15) is 9.59 Å². The molecule has 2 heterocycles. The van der Waals surface area contributed by atoms with Crippen LogP contribution in [0.1, 0.15) is 18.7 Å². The van der Waals surface area contributed by atoms with Crippen LogP contribution in [0.4, 0.5) is 5.69 Å². The van der Waals surface area contributed by atoms with Crippen LogP contribution in [0, 0.1) is 5.92 Å². The molecular weight excluding hydrogens is 414 g/mol. The van der Waals surface area contributed by atoms with Crippen molar-refractivity contribution in [2.45, 2.75) is 18.7 Å². The first kappa shape index (κ1) is 20.4. The Balaban J connectivity index is 1.66. The van der Waals surface area contributed by atoms with Gasteiger partial charge in [-0.1, -0.05) is 49.9 Å². The van der Waals surface area contributed by atoms with Gasteiger partial charge in [0, 0.05) is 9.77 Å². The van der Waals surface area contributed by atoms with Gasteiger partial charge in [-0.05, 0) is 53.8 Å². The normalized spacial score (nSPS) is 14.2. The van der Waals surface area contributed by atoms with E-state index in [-0.39, 0.29) is 11.8 Å². The van der Waals surface area contributed by atoms with Crippen molar-refractivity contribution in [2.24, 2.45) is 5.92 Å². The summed E-state index contributed by atoms with van der Waals surface area (Å²) in [4.78, 5) is 30.1. The number of carbonyl (C=O) groups excluding carboxylic acids is 2. The van der Waals surface area contributed by atoms with Crippen LogP contribution in [0.3, 0.4) is 0 Å². The Hall–Kier alpha value is -2.83. The molecule has 0 spiro atoms. The molecule has 0 N–H and O–H groups in total. The lowest BCUT2D eigenvalue weighted by molar-refractivity contribution is -0.119. The van der Waals surface area contributed by atoms with Crippen LogP contribution in [0.15, 0.2) is 81.9 Å². The van der Waals surface area contributed by atoms with Gasteiger partial charge in [0.05, 0.1) is 22.8 Å². The fourth-order valence-electron chi connectivity index (χ4n) is 3.04. The first-order valence-electron chi connectivity index (χ1n) is 9.67. The highest BCUT2D eigenvalue weighted by Crippen LogP contribution is 2.42. The Morgan fingerprint density at radius 3 is 2.30 bits per heavy atom. The maximum absolute atomic E-state index is 13.3. The Bertz CT molecular complexity index is 1070. The summed E-state index contributed by atoms with van der Waals surface area (Å²) in [6.45, 7) is 4.78. The number of imide groups is 1. The zero-order valence-corrected chi connectivity index (χ0v) is 18.3. The number of ether oxygens (including phenoxy) is 1. The standard InChI is InChI=1S/C24H21NO3S2/c1-16(2)15-28-18-12-10-17(11-13-18)25-23(26)21(20-9-6-14-29-20)22(24(25)27)30-19-7-4-3-5-8-19/h3-14,16H,15H2,1-2H3. The third kappa shape index (κ3) is 4.20. The smallest absolute Gasteiger partial charge is 0.272 e. The molecule has 6 heteroatoms. The summed E-state index contributed by atoms with van der Waals surface area (Å²) in [6, 6.07) is 20.5. The highest BCUT2D eigenvalue weighted by molar-refractivity contribution is 8.04. The van der Waals surface area contributed by atoms with Crippen molar-refractivity contribution in [2.75, 3.05) is 11.5 Å². The van der Waals surface area contributed by atoms with Gasteiger partial charge in [0.2, 0.25) is 0 Å². The molecule has 4 rings (SSSR count). The molecule has 1 aliphatic heterocycles. The van der Waals surface area contributed by atoms with E-state index in [1.807, 2.05) is 47.8 Å². The molecule has 3 aromatic rings. The summed E-state index contributed by atoms with van der Waals surface area (Å²) in [5.74, 6) is 0.545. The predicted octanol–water partition coefficient (Wildman–Crippen LogP) is 5.86. The molecule has 0 radical (unpaired) electrons. The molecule has 1 aliphatic rings. The summed E-state index contributed by atoms with van der Waals surface area (Å²) >= 11 is 2.79. The fourth-order valence-corrected chi connectivity index (χ4v) is 4.88. The van der Waals surface area contributed by atoms with Crippen LogP contribution in [0.25, 0.3) is 5.57 Å². The number of thiophene rings is 1. The van der Waals surface area contributed by atoms with Crippen LogP contribution in [-0.4, -0.2) is 18.4 Å². The molecule has 30 heavy (non-hydrogen) atoms. The molecule has 0 saturated carbocycles. The Morgan fingerprint density at radius 1 is 0.933 bits per heavy atom. The number of amides is 2. The van der Waals surface area contributed by atoms with E-state index in [1.165, 1.54) is 28.0 Å². The predicted molar refractivity (Wildman–Crippen MR) is 123 cm³/mol. The molecule has 0 unspecified atom stereocenters. The number of anilines is 1. The first-order chi connectivity index (χ1) is 14.5. The van der Waals surface area contributed by atoms with Crippen LogP contribution in [0.5, 0.6) is 5.75 Å². The summed E-state index contributed by atoms with van der Waals surface area (Å²) in [6.07, 6.45) is 0. The van der Waals surface area contributed by atoms with Crippen molar-refractivity contribution in [3.8, 4) is 5.75 Å². The van der Waals surface area contributed by atoms with Gasteiger partial charge in [-0.15, -0.1) is 11.3 Å². The Morgan fingerprint density at radius 2 is 1.67 bits per heavy atom. The summed E-state index contributed by atoms with van der Waals surface area (Å²) in [7, 11) is 0. The zero-order valence-electron chi connectivity index (χ0n) is 16.7. The van der Waals surface area contributed by atoms with Gasteiger partial charge < -0.3 is 4.74 Å². The van der Waals surface area contributed by atoms with Crippen molar-refractivity contribution in [3.63, 3.8) is 0 Å². The molecule has 1 aromatic heterocycles. The van der Waals surface area contributed by atoms with Crippen molar-refractivity contribution >= 4 is 46.2 Å². The lowest BCUT2D eigenvalue weighted by atomic mass is 10.2. The second kappa shape index (κ2) is 8.90. The monoisotopic (exact) mass is 435 g/mol.